The number of carboxylic acid groups (broad SMARTS) is 1. The maximum atomic E-state index is 10.4. The Hall–Kier alpha value is -0.770. The normalized spacial score (nSPS) is 22.0. The van der Waals surface area contributed by atoms with Gasteiger partial charge in [-0.25, -0.2) is 0 Å². The third-order valence-electron chi connectivity index (χ3n) is 3.51. The van der Waals surface area contributed by atoms with Gasteiger partial charge in [-0.3, -0.25) is 4.79 Å². The average Bonchev–Trinajstić information content (AvgIpc) is 2.60. The SMILES string of the molecule is O=C(O)CCCCOCCC1COCCOCCOCCOCCO1. The highest BCUT2D eigenvalue weighted by molar-refractivity contribution is 5.66. The van der Waals surface area contributed by atoms with E-state index in [2.05, 4.69) is 0 Å². The van der Waals surface area contributed by atoms with Gasteiger partial charge in [0.25, 0.3) is 0 Å². The molecule has 0 radical (unpaired) electrons. The van der Waals surface area contributed by atoms with Gasteiger partial charge >= 0.3 is 5.97 Å². The zero-order valence-corrected chi connectivity index (χ0v) is 15.0. The lowest BCUT2D eigenvalue weighted by atomic mass is 10.2. The predicted molar refractivity (Wildman–Crippen MR) is 89.9 cm³/mol. The number of unbranched alkanes of at least 4 members (excludes halogenated alkanes) is 1. The molecule has 1 N–H and O–H groups in total. The van der Waals surface area contributed by atoms with E-state index < -0.39 is 5.97 Å². The summed E-state index contributed by atoms with van der Waals surface area (Å²) in [5, 5.41) is 8.57. The Kier molecular flexibility index (Phi) is 14.9. The first-order chi connectivity index (χ1) is 12.3. The fourth-order valence-electron chi connectivity index (χ4n) is 2.16. The average molecular weight is 364 g/mol. The van der Waals surface area contributed by atoms with Crippen molar-refractivity contribution in [3.05, 3.63) is 0 Å². The van der Waals surface area contributed by atoms with Crippen molar-refractivity contribution >= 4 is 5.97 Å². The number of hydrogen-bond donors (Lipinski definition) is 1. The van der Waals surface area contributed by atoms with Crippen molar-refractivity contribution in [2.75, 3.05) is 72.7 Å². The summed E-state index contributed by atoms with van der Waals surface area (Å²) in [4.78, 5) is 10.4. The van der Waals surface area contributed by atoms with E-state index in [9.17, 15) is 4.79 Å². The molecule has 1 aliphatic rings. The molecule has 1 unspecified atom stereocenters. The second kappa shape index (κ2) is 16.7. The second-order valence-electron chi connectivity index (χ2n) is 5.66. The van der Waals surface area contributed by atoms with E-state index in [4.69, 9.17) is 33.5 Å². The molecule has 0 aromatic heterocycles. The summed E-state index contributed by atoms with van der Waals surface area (Å²) < 4.78 is 33.1. The third-order valence-corrected chi connectivity index (χ3v) is 3.51. The molecule has 1 fully saturated rings. The number of rotatable bonds is 8. The number of carboxylic acids is 1. The number of aliphatic carboxylic acids is 1. The van der Waals surface area contributed by atoms with Crippen molar-refractivity contribution in [1.82, 2.24) is 0 Å². The van der Waals surface area contributed by atoms with Crippen molar-refractivity contribution in [2.45, 2.75) is 31.8 Å². The van der Waals surface area contributed by atoms with Gasteiger partial charge in [0.1, 0.15) is 0 Å². The zero-order valence-electron chi connectivity index (χ0n) is 15.0. The molecule has 8 nitrogen and oxygen atoms in total. The molecule has 0 amide bonds. The Morgan fingerprint density at radius 2 is 1.44 bits per heavy atom. The highest BCUT2D eigenvalue weighted by atomic mass is 16.6. The van der Waals surface area contributed by atoms with E-state index in [1.165, 1.54) is 0 Å². The molecule has 0 bridgehead atoms. The van der Waals surface area contributed by atoms with E-state index in [1.807, 2.05) is 0 Å². The second-order valence-corrected chi connectivity index (χ2v) is 5.66. The molecule has 0 aromatic rings. The molecule has 1 heterocycles. The van der Waals surface area contributed by atoms with Crippen LogP contribution in [0.4, 0.5) is 0 Å². The predicted octanol–water partition coefficient (Wildman–Crippen LogP) is 1.11. The molecule has 0 aromatic carbocycles. The van der Waals surface area contributed by atoms with Crippen molar-refractivity contribution < 1.29 is 38.3 Å². The molecule has 1 rings (SSSR count). The fourth-order valence-corrected chi connectivity index (χ4v) is 2.16. The van der Waals surface area contributed by atoms with Crippen molar-refractivity contribution in [3.8, 4) is 0 Å². The van der Waals surface area contributed by atoms with Gasteiger partial charge in [0.15, 0.2) is 0 Å². The van der Waals surface area contributed by atoms with Crippen LogP contribution >= 0.6 is 0 Å². The minimum atomic E-state index is -0.765. The van der Waals surface area contributed by atoms with Gasteiger partial charge < -0.3 is 33.5 Å². The highest BCUT2D eigenvalue weighted by Crippen LogP contribution is 2.03. The fraction of sp³-hybridized carbons (Fsp3) is 0.941. The van der Waals surface area contributed by atoms with Crippen LogP contribution in [0.15, 0.2) is 0 Å². The lowest BCUT2D eigenvalue weighted by molar-refractivity contribution is -0.137. The van der Waals surface area contributed by atoms with E-state index in [-0.39, 0.29) is 12.5 Å². The molecule has 148 valence electrons. The van der Waals surface area contributed by atoms with Gasteiger partial charge in [0.2, 0.25) is 0 Å². The maximum absolute atomic E-state index is 10.4. The molecule has 0 aliphatic carbocycles. The van der Waals surface area contributed by atoms with Gasteiger partial charge in [-0.2, -0.15) is 0 Å². The zero-order chi connectivity index (χ0) is 18.0. The lowest BCUT2D eigenvalue weighted by Gasteiger charge is -2.18. The Labute approximate surface area is 149 Å². The Balaban J connectivity index is 2.13. The van der Waals surface area contributed by atoms with Crippen molar-refractivity contribution in [2.24, 2.45) is 0 Å². The van der Waals surface area contributed by atoms with Crippen LogP contribution < -0.4 is 0 Å². The molecule has 8 heteroatoms. The standard InChI is InChI=1S/C17H32O8/c18-17(19)3-1-2-5-20-6-4-16-15-24-12-11-22-8-7-21-9-10-23-13-14-25-16/h16H,1-15H2,(H,18,19). The highest BCUT2D eigenvalue weighted by Gasteiger charge is 2.10. The first-order valence-electron chi connectivity index (χ1n) is 9.01. The smallest absolute Gasteiger partial charge is 0.303 e. The molecule has 1 atom stereocenters. The van der Waals surface area contributed by atoms with Crippen LogP contribution in [0.25, 0.3) is 0 Å². The Morgan fingerprint density at radius 3 is 2.08 bits per heavy atom. The van der Waals surface area contributed by atoms with Crippen LogP contribution in [0.2, 0.25) is 0 Å². The molecule has 1 saturated heterocycles. The molecular weight excluding hydrogens is 332 g/mol. The number of ether oxygens (including phenoxy) is 6. The van der Waals surface area contributed by atoms with E-state index in [0.717, 1.165) is 12.8 Å². The summed E-state index contributed by atoms with van der Waals surface area (Å²) in [5.74, 6) is -0.765. The van der Waals surface area contributed by atoms with Gasteiger partial charge in [0, 0.05) is 19.6 Å². The third kappa shape index (κ3) is 15.2. The van der Waals surface area contributed by atoms with E-state index >= 15 is 0 Å². The van der Waals surface area contributed by atoms with Crippen LogP contribution in [0.1, 0.15) is 25.7 Å². The van der Waals surface area contributed by atoms with Crippen LogP contribution in [-0.4, -0.2) is 89.9 Å². The quantitative estimate of drug-likeness (QED) is 0.641. The van der Waals surface area contributed by atoms with Gasteiger partial charge in [-0.05, 0) is 19.3 Å². The minimum absolute atomic E-state index is 0.0519. The van der Waals surface area contributed by atoms with Crippen LogP contribution in [0.5, 0.6) is 0 Å². The first kappa shape index (κ1) is 22.3. The van der Waals surface area contributed by atoms with E-state index in [0.29, 0.717) is 79.1 Å². The van der Waals surface area contributed by atoms with Crippen LogP contribution in [0, 0.1) is 0 Å². The van der Waals surface area contributed by atoms with Gasteiger partial charge in [-0.15, -0.1) is 0 Å². The monoisotopic (exact) mass is 364 g/mol. The summed E-state index contributed by atoms with van der Waals surface area (Å²) in [6.45, 7) is 5.91. The summed E-state index contributed by atoms with van der Waals surface area (Å²) in [6, 6.07) is 0. The lowest BCUT2D eigenvalue weighted by Crippen LogP contribution is -2.25. The maximum Gasteiger partial charge on any atom is 0.303 e. The largest absolute Gasteiger partial charge is 0.481 e. The van der Waals surface area contributed by atoms with Crippen molar-refractivity contribution in [3.63, 3.8) is 0 Å². The minimum Gasteiger partial charge on any atom is -0.481 e. The molecular formula is C17H32O8. The first-order valence-corrected chi connectivity index (χ1v) is 9.01. The van der Waals surface area contributed by atoms with Crippen LogP contribution in [-0.2, 0) is 33.2 Å². The summed E-state index contributed by atoms with van der Waals surface area (Å²) in [6.07, 6.45) is 2.25. The molecule has 25 heavy (non-hydrogen) atoms. The molecule has 1 aliphatic heterocycles. The number of hydrogen-bond acceptors (Lipinski definition) is 7. The van der Waals surface area contributed by atoms with Crippen LogP contribution in [0.3, 0.4) is 0 Å². The topological polar surface area (TPSA) is 92.7 Å². The molecule has 0 spiro atoms. The number of carbonyl (C=O) groups is 1. The Bertz CT molecular complexity index is 297. The van der Waals surface area contributed by atoms with Crippen molar-refractivity contribution in [1.29, 1.82) is 0 Å². The Morgan fingerprint density at radius 1 is 0.840 bits per heavy atom. The van der Waals surface area contributed by atoms with Gasteiger partial charge in [-0.1, -0.05) is 0 Å². The summed E-state index contributed by atoms with van der Waals surface area (Å²) in [7, 11) is 0. The van der Waals surface area contributed by atoms with Gasteiger partial charge in [0.05, 0.1) is 65.6 Å². The van der Waals surface area contributed by atoms with E-state index in [1.54, 1.807) is 0 Å². The molecule has 0 saturated carbocycles. The summed E-state index contributed by atoms with van der Waals surface area (Å²) >= 11 is 0. The summed E-state index contributed by atoms with van der Waals surface area (Å²) in [5.41, 5.74) is 0.